The van der Waals surface area contributed by atoms with Gasteiger partial charge in [0, 0.05) is 25.5 Å². The number of benzene rings is 1. The molecule has 6 heteroatoms. The van der Waals surface area contributed by atoms with E-state index in [1.165, 1.54) is 6.92 Å². The third-order valence-corrected chi connectivity index (χ3v) is 4.34. The van der Waals surface area contributed by atoms with E-state index in [-0.39, 0.29) is 5.91 Å². The number of aromatic nitrogens is 2. The van der Waals surface area contributed by atoms with Crippen molar-refractivity contribution in [2.24, 2.45) is 5.92 Å². The number of hydrogen-bond donors (Lipinski definition) is 1. The molecule has 0 bridgehead atoms. The summed E-state index contributed by atoms with van der Waals surface area (Å²) in [7, 11) is 0. The molecule has 1 saturated heterocycles. The average molecular weight is 329 g/mol. The molecule has 1 fully saturated rings. The Kier molecular flexibility index (Phi) is 5.25. The van der Waals surface area contributed by atoms with Crippen LogP contribution in [0, 0.1) is 5.92 Å². The second-order valence-corrected chi connectivity index (χ2v) is 6.23. The van der Waals surface area contributed by atoms with Crippen molar-refractivity contribution in [2.45, 2.75) is 45.6 Å². The topological polar surface area (TPSA) is 77.3 Å². The highest BCUT2D eigenvalue weighted by Gasteiger charge is 2.24. The van der Waals surface area contributed by atoms with Crippen LogP contribution in [0.15, 0.2) is 28.8 Å². The van der Waals surface area contributed by atoms with Gasteiger partial charge in [0.05, 0.1) is 11.8 Å². The largest absolute Gasteiger partial charge is 0.378 e. The summed E-state index contributed by atoms with van der Waals surface area (Å²) in [5.41, 5.74) is 1.45. The van der Waals surface area contributed by atoms with Gasteiger partial charge < -0.3 is 14.6 Å². The summed E-state index contributed by atoms with van der Waals surface area (Å²) in [5.74, 6) is 1.54. The lowest BCUT2D eigenvalue weighted by atomic mass is 9.91. The van der Waals surface area contributed by atoms with E-state index in [0.717, 1.165) is 37.9 Å². The third kappa shape index (κ3) is 4.00. The van der Waals surface area contributed by atoms with Crippen molar-refractivity contribution < 1.29 is 14.1 Å². The van der Waals surface area contributed by atoms with Crippen LogP contribution in [0.1, 0.15) is 39.0 Å². The van der Waals surface area contributed by atoms with Gasteiger partial charge in [-0.1, -0.05) is 24.2 Å². The number of carbonyl (C=O) groups is 1. The summed E-state index contributed by atoms with van der Waals surface area (Å²) >= 11 is 0. The molecule has 3 rings (SSSR count). The van der Waals surface area contributed by atoms with Gasteiger partial charge in [-0.25, -0.2) is 0 Å². The quantitative estimate of drug-likeness (QED) is 0.909. The number of carbonyl (C=O) groups excluding carboxylic acids is 1. The highest BCUT2D eigenvalue weighted by Crippen LogP contribution is 2.28. The average Bonchev–Trinajstić information content (AvgIpc) is 3.03. The fourth-order valence-corrected chi connectivity index (χ4v) is 3.10. The lowest BCUT2D eigenvalue weighted by molar-refractivity contribution is -0.114. The first-order valence-corrected chi connectivity index (χ1v) is 8.47. The van der Waals surface area contributed by atoms with Crippen molar-refractivity contribution in [2.75, 3.05) is 11.9 Å². The number of rotatable bonds is 5. The molecule has 1 amide bonds. The van der Waals surface area contributed by atoms with Crippen LogP contribution in [-0.4, -0.2) is 28.8 Å². The molecule has 1 aliphatic heterocycles. The van der Waals surface area contributed by atoms with Crippen LogP contribution in [0.2, 0.25) is 0 Å². The van der Waals surface area contributed by atoms with E-state index in [0.29, 0.717) is 29.4 Å². The Morgan fingerprint density at radius 3 is 3.00 bits per heavy atom. The monoisotopic (exact) mass is 329 g/mol. The van der Waals surface area contributed by atoms with Gasteiger partial charge >= 0.3 is 0 Å². The fraction of sp³-hybridized carbons (Fsp3) is 0.500. The predicted molar refractivity (Wildman–Crippen MR) is 90.5 cm³/mol. The molecule has 0 saturated carbocycles. The van der Waals surface area contributed by atoms with E-state index >= 15 is 0 Å². The van der Waals surface area contributed by atoms with Crippen molar-refractivity contribution in [3.63, 3.8) is 0 Å². The van der Waals surface area contributed by atoms with Crippen LogP contribution in [0.25, 0.3) is 11.4 Å². The number of para-hydroxylation sites is 1. The minimum absolute atomic E-state index is 0.126. The second kappa shape index (κ2) is 7.57. The molecular formula is C18H23N3O3. The van der Waals surface area contributed by atoms with Crippen LogP contribution in [-0.2, 0) is 16.0 Å². The lowest BCUT2D eigenvalue weighted by Crippen LogP contribution is -2.26. The number of anilines is 1. The van der Waals surface area contributed by atoms with Crippen LogP contribution >= 0.6 is 0 Å². The molecular weight excluding hydrogens is 306 g/mol. The molecule has 6 nitrogen and oxygen atoms in total. The standard InChI is InChI=1S/C18H23N3O3/c1-3-14-10-13(8-9-23-14)11-17-20-18(21-24-17)15-6-4-5-7-16(15)19-12(2)22/h4-7,13-14H,3,8-11H2,1-2H3,(H,19,22)/t13-,14-/m0/s1. The van der Waals surface area contributed by atoms with Crippen LogP contribution in [0.3, 0.4) is 0 Å². The number of nitrogens with one attached hydrogen (secondary N) is 1. The van der Waals surface area contributed by atoms with E-state index in [9.17, 15) is 4.79 Å². The Morgan fingerprint density at radius 1 is 1.38 bits per heavy atom. The first kappa shape index (κ1) is 16.6. The minimum atomic E-state index is -0.126. The summed E-state index contributed by atoms with van der Waals surface area (Å²) in [4.78, 5) is 15.9. The zero-order chi connectivity index (χ0) is 16.9. The molecule has 2 aromatic rings. The zero-order valence-corrected chi connectivity index (χ0v) is 14.1. The molecule has 1 N–H and O–H groups in total. The Bertz CT molecular complexity index is 698. The summed E-state index contributed by atoms with van der Waals surface area (Å²) in [6.07, 6.45) is 4.21. The lowest BCUT2D eigenvalue weighted by Gasteiger charge is -2.27. The zero-order valence-electron chi connectivity index (χ0n) is 14.1. The molecule has 24 heavy (non-hydrogen) atoms. The highest BCUT2D eigenvalue weighted by molar-refractivity contribution is 5.93. The SMILES string of the molecule is CC[C@H]1C[C@@H](Cc2nc(-c3ccccc3NC(C)=O)no2)CCO1. The smallest absolute Gasteiger partial charge is 0.227 e. The van der Waals surface area contributed by atoms with Gasteiger partial charge in [-0.15, -0.1) is 0 Å². The van der Waals surface area contributed by atoms with Crippen LogP contribution < -0.4 is 5.32 Å². The first-order chi connectivity index (χ1) is 11.7. The van der Waals surface area contributed by atoms with Crippen molar-refractivity contribution in [3.05, 3.63) is 30.2 Å². The molecule has 2 atom stereocenters. The van der Waals surface area contributed by atoms with E-state index in [1.807, 2.05) is 24.3 Å². The Morgan fingerprint density at radius 2 is 2.21 bits per heavy atom. The predicted octanol–water partition coefficient (Wildman–Crippen LogP) is 3.44. The minimum Gasteiger partial charge on any atom is -0.378 e. The molecule has 128 valence electrons. The van der Waals surface area contributed by atoms with Gasteiger partial charge in [0.15, 0.2) is 0 Å². The molecule has 1 aliphatic rings. The maximum Gasteiger partial charge on any atom is 0.227 e. The fourth-order valence-electron chi connectivity index (χ4n) is 3.10. The maximum atomic E-state index is 11.3. The van der Waals surface area contributed by atoms with E-state index in [2.05, 4.69) is 22.4 Å². The molecule has 0 radical (unpaired) electrons. The normalized spacial score (nSPS) is 20.8. The molecule has 0 aliphatic carbocycles. The van der Waals surface area contributed by atoms with Crippen molar-refractivity contribution >= 4 is 11.6 Å². The molecule has 0 unspecified atom stereocenters. The van der Waals surface area contributed by atoms with Crippen LogP contribution in [0.4, 0.5) is 5.69 Å². The first-order valence-electron chi connectivity index (χ1n) is 8.47. The summed E-state index contributed by atoms with van der Waals surface area (Å²) < 4.78 is 11.2. The van der Waals surface area contributed by atoms with Crippen LogP contribution in [0.5, 0.6) is 0 Å². The highest BCUT2D eigenvalue weighted by atomic mass is 16.5. The molecule has 1 aromatic heterocycles. The van der Waals surface area contributed by atoms with Crippen molar-refractivity contribution in [3.8, 4) is 11.4 Å². The summed E-state index contributed by atoms with van der Waals surface area (Å²) in [6.45, 7) is 4.43. The van der Waals surface area contributed by atoms with Gasteiger partial charge in [0.25, 0.3) is 0 Å². The summed E-state index contributed by atoms with van der Waals surface area (Å²) in [6, 6.07) is 7.46. The Balaban J connectivity index is 1.73. The second-order valence-electron chi connectivity index (χ2n) is 6.23. The Hall–Kier alpha value is -2.21. The van der Waals surface area contributed by atoms with Crippen molar-refractivity contribution in [1.82, 2.24) is 10.1 Å². The Labute approximate surface area is 141 Å². The van der Waals surface area contributed by atoms with E-state index in [4.69, 9.17) is 9.26 Å². The van der Waals surface area contributed by atoms with E-state index in [1.54, 1.807) is 0 Å². The van der Waals surface area contributed by atoms with Gasteiger partial charge in [-0.3, -0.25) is 4.79 Å². The molecule has 1 aromatic carbocycles. The number of amides is 1. The maximum absolute atomic E-state index is 11.3. The van der Waals surface area contributed by atoms with Crippen molar-refractivity contribution in [1.29, 1.82) is 0 Å². The third-order valence-electron chi connectivity index (χ3n) is 4.34. The number of nitrogens with zero attached hydrogens (tertiary/aromatic N) is 2. The molecule has 2 heterocycles. The molecule has 0 spiro atoms. The van der Waals surface area contributed by atoms with Gasteiger partial charge in [-0.2, -0.15) is 4.98 Å². The van der Waals surface area contributed by atoms with E-state index < -0.39 is 0 Å². The number of hydrogen-bond acceptors (Lipinski definition) is 5. The van der Waals surface area contributed by atoms with Gasteiger partial charge in [0.2, 0.25) is 17.6 Å². The van der Waals surface area contributed by atoms with Gasteiger partial charge in [-0.05, 0) is 37.3 Å². The number of ether oxygens (including phenoxy) is 1. The van der Waals surface area contributed by atoms with Gasteiger partial charge in [0.1, 0.15) is 0 Å². The summed E-state index contributed by atoms with van der Waals surface area (Å²) in [5, 5.41) is 6.89.